The molecule has 2 rings (SSSR count). The normalized spacial score (nSPS) is 19.7. The summed E-state index contributed by atoms with van der Waals surface area (Å²) in [5.74, 6) is 0. The van der Waals surface area contributed by atoms with E-state index >= 15 is 0 Å². The van der Waals surface area contributed by atoms with Crippen LogP contribution in [0.25, 0.3) is 0 Å². The van der Waals surface area contributed by atoms with Gasteiger partial charge in [-0.25, -0.2) is 4.98 Å². The molecule has 2 atom stereocenters. The van der Waals surface area contributed by atoms with Crippen LogP contribution in [0.5, 0.6) is 0 Å². The SMILES string of the molecule is CCC(C)N(CCOC)c1nc2c(s1)C(NC)CCC2. The number of ether oxygens (including phenoxy) is 1. The van der Waals surface area contributed by atoms with Crippen LogP contribution in [-0.4, -0.2) is 38.3 Å². The van der Waals surface area contributed by atoms with E-state index in [1.807, 2.05) is 11.3 Å². The average molecular weight is 297 g/mol. The molecule has 5 heteroatoms. The first-order valence-corrected chi connectivity index (χ1v) is 8.45. The lowest BCUT2D eigenvalue weighted by molar-refractivity contribution is 0.203. The maximum atomic E-state index is 5.26. The van der Waals surface area contributed by atoms with Crippen LogP contribution in [0.2, 0.25) is 0 Å². The minimum Gasteiger partial charge on any atom is -0.383 e. The van der Waals surface area contributed by atoms with Crippen molar-refractivity contribution in [2.24, 2.45) is 0 Å². The van der Waals surface area contributed by atoms with Gasteiger partial charge in [0.25, 0.3) is 0 Å². The Kier molecular flexibility index (Phi) is 5.81. The summed E-state index contributed by atoms with van der Waals surface area (Å²) in [5, 5.41) is 4.60. The van der Waals surface area contributed by atoms with E-state index in [-0.39, 0.29) is 0 Å². The summed E-state index contributed by atoms with van der Waals surface area (Å²) in [6, 6.07) is 0.997. The van der Waals surface area contributed by atoms with Crippen molar-refractivity contribution in [3.8, 4) is 0 Å². The number of aryl methyl sites for hydroxylation is 1. The molecule has 0 fully saturated rings. The van der Waals surface area contributed by atoms with Gasteiger partial charge in [-0.3, -0.25) is 0 Å². The van der Waals surface area contributed by atoms with Gasteiger partial charge in [0, 0.05) is 30.6 Å². The van der Waals surface area contributed by atoms with E-state index in [0.29, 0.717) is 12.1 Å². The number of nitrogens with zero attached hydrogens (tertiary/aromatic N) is 2. The Morgan fingerprint density at radius 3 is 3.00 bits per heavy atom. The molecule has 1 N–H and O–H groups in total. The topological polar surface area (TPSA) is 37.4 Å². The number of methoxy groups -OCH3 is 1. The van der Waals surface area contributed by atoms with Gasteiger partial charge in [0.2, 0.25) is 0 Å². The molecule has 0 amide bonds. The lowest BCUT2D eigenvalue weighted by Gasteiger charge is -2.27. The van der Waals surface area contributed by atoms with Crippen LogP contribution < -0.4 is 10.2 Å². The Balaban J connectivity index is 2.23. The molecule has 20 heavy (non-hydrogen) atoms. The minimum atomic E-state index is 0.492. The fraction of sp³-hybridized carbons (Fsp3) is 0.800. The predicted octanol–water partition coefficient (Wildman–Crippen LogP) is 2.99. The summed E-state index contributed by atoms with van der Waals surface area (Å²) in [4.78, 5) is 8.77. The van der Waals surface area contributed by atoms with Crippen LogP contribution in [0.1, 0.15) is 49.7 Å². The summed E-state index contributed by atoms with van der Waals surface area (Å²) < 4.78 is 5.26. The van der Waals surface area contributed by atoms with Crippen molar-refractivity contribution in [2.75, 3.05) is 32.2 Å². The molecule has 0 aromatic carbocycles. The third-order valence-corrected chi connectivity index (χ3v) is 5.44. The second kappa shape index (κ2) is 7.38. The van der Waals surface area contributed by atoms with E-state index in [1.54, 1.807) is 7.11 Å². The molecule has 0 saturated carbocycles. The maximum absolute atomic E-state index is 5.26. The van der Waals surface area contributed by atoms with Crippen molar-refractivity contribution >= 4 is 16.5 Å². The van der Waals surface area contributed by atoms with Gasteiger partial charge in [-0.2, -0.15) is 0 Å². The molecule has 1 aliphatic rings. The zero-order valence-electron chi connectivity index (χ0n) is 13.1. The first-order valence-electron chi connectivity index (χ1n) is 7.63. The second-order valence-electron chi connectivity index (χ2n) is 5.48. The number of aromatic nitrogens is 1. The molecule has 0 spiro atoms. The monoisotopic (exact) mass is 297 g/mol. The molecular formula is C15H27N3OS. The van der Waals surface area contributed by atoms with Crippen molar-refractivity contribution in [1.29, 1.82) is 0 Å². The molecule has 0 aliphatic heterocycles. The molecule has 1 aromatic rings. The summed E-state index contributed by atoms with van der Waals surface area (Å²) in [6.45, 7) is 6.17. The Morgan fingerprint density at radius 2 is 2.35 bits per heavy atom. The van der Waals surface area contributed by atoms with E-state index < -0.39 is 0 Å². The first kappa shape index (κ1) is 15.7. The number of hydrogen-bond acceptors (Lipinski definition) is 5. The predicted molar refractivity (Wildman–Crippen MR) is 85.8 cm³/mol. The Labute approximate surface area is 126 Å². The van der Waals surface area contributed by atoms with Crippen LogP contribution in [-0.2, 0) is 11.2 Å². The summed E-state index contributed by atoms with van der Waals surface area (Å²) in [5.41, 5.74) is 1.31. The van der Waals surface area contributed by atoms with Crippen molar-refractivity contribution < 1.29 is 4.74 Å². The number of rotatable bonds is 7. The second-order valence-corrected chi connectivity index (χ2v) is 6.49. The van der Waals surface area contributed by atoms with Crippen molar-refractivity contribution in [3.05, 3.63) is 10.6 Å². The molecule has 114 valence electrons. The quantitative estimate of drug-likeness (QED) is 0.839. The summed E-state index contributed by atoms with van der Waals surface area (Å²) in [6.07, 6.45) is 4.72. The highest BCUT2D eigenvalue weighted by molar-refractivity contribution is 7.15. The molecule has 0 saturated heterocycles. The number of hydrogen-bond donors (Lipinski definition) is 1. The van der Waals surface area contributed by atoms with Gasteiger partial charge in [0.05, 0.1) is 12.3 Å². The molecule has 1 aliphatic carbocycles. The van der Waals surface area contributed by atoms with Gasteiger partial charge in [-0.05, 0) is 39.7 Å². The molecule has 1 aromatic heterocycles. The van der Waals surface area contributed by atoms with Crippen molar-refractivity contribution in [1.82, 2.24) is 10.3 Å². The summed E-state index contributed by atoms with van der Waals surface area (Å²) >= 11 is 1.87. The minimum absolute atomic E-state index is 0.492. The van der Waals surface area contributed by atoms with Crippen LogP contribution in [0.15, 0.2) is 0 Å². The summed E-state index contributed by atoms with van der Waals surface area (Å²) in [7, 11) is 3.81. The highest BCUT2D eigenvalue weighted by Crippen LogP contribution is 2.38. The maximum Gasteiger partial charge on any atom is 0.186 e. The van der Waals surface area contributed by atoms with E-state index in [2.05, 4.69) is 31.1 Å². The highest BCUT2D eigenvalue weighted by atomic mass is 32.1. The lowest BCUT2D eigenvalue weighted by Crippen LogP contribution is -2.35. The van der Waals surface area contributed by atoms with Crippen LogP contribution >= 0.6 is 11.3 Å². The van der Waals surface area contributed by atoms with Crippen LogP contribution in [0, 0.1) is 0 Å². The van der Waals surface area contributed by atoms with Gasteiger partial charge >= 0.3 is 0 Å². The van der Waals surface area contributed by atoms with Gasteiger partial charge in [0.1, 0.15) is 0 Å². The first-order chi connectivity index (χ1) is 9.71. The third-order valence-electron chi connectivity index (χ3n) is 4.19. The Morgan fingerprint density at radius 1 is 1.55 bits per heavy atom. The molecule has 4 nitrogen and oxygen atoms in total. The fourth-order valence-electron chi connectivity index (χ4n) is 2.72. The average Bonchev–Trinajstić information content (AvgIpc) is 2.90. The number of thiazole rings is 1. The molecule has 0 bridgehead atoms. The van der Waals surface area contributed by atoms with Gasteiger partial charge < -0.3 is 15.0 Å². The number of fused-ring (bicyclic) bond motifs is 1. The largest absolute Gasteiger partial charge is 0.383 e. The molecule has 2 unspecified atom stereocenters. The van der Waals surface area contributed by atoms with Gasteiger partial charge in [-0.15, -0.1) is 0 Å². The fourth-order valence-corrected chi connectivity index (χ4v) is 4.10. The lowest BCUT2D eigenvalue weighted by atomic mass is 9.98. The zero-order chi connectivity index (χ0) is 14.5. The third kappa shape index (κ3) is 3.32. The molecule has 0 radical (unpaired) electrons. The number of anilines is 1. The van der Waals surface area contributed by atoms with Crippen molar-refractivity contribution in [2.45, 2.75) is 51.6 Å². The highest BCUT2D eigenvalue weighted by Gasteiger charge is 2.26. The Hall–Kier alpha value is -0.650. The molecule has 1 heterocycles. The van der Waals surface area contributed by atoms with E-state index in [1.165, 1.54) is 28.5 Å². The standard InChI is InChI=1S/C15H27N3OS/c1-5-11(2)18(9-10-19-4)15-17-13-8-6-7-12(16-3)14(13)20-15/h11-12,16H,5-10H2,1-4H3. The smallest absolute Gasteiger partial charge is 0.186 e. The molecular weight excluding hydrogens is 270 g/mol. The van der Waals surface area contributed by atoms with Crippen LogP contribution in [0.3, 0.4) is 0 Å². The van der Waals surface area contributed by atoms with E-state index in [0.717, 1.165) is 26.0 Å². The Bertz CT molecular complexity index is 421. The van der Waals surface area contributed by atoms with Crippen LogP contribution in [0.4, 0.5) is 5.13 Å². The van der Waals surface area contributed by atoms with E-state index in [9.17, 15) is 0 Å². The van der Waals surface area contributed by atoms with E-state index in [4.69, 9.17) is 9.72 Å². The van der Waals surface area contributed by atoms with Gasteiger partial charge in [0.15, 0.2) is 5.13 Å². The number of nitrogens with one attached hydrogen (secondary N) is 1. The van der Waals surface area contributed by atoms with Crippen molar-refractivity contribution in [3.63, 3.8) is 0 Å². The zero-order valence-corrected chi connectivity index (χ0v) is 13.9. The van der Waals surface area contributed by atoms with Gasteiger partial charge in [-0.1, -0.05) is 18.3 Å².